The normalized spacial score (nSPS) is 10.8. The van der Waals surface area contributed by atoms with E-state index in [0.717, 1.165) is 22.4 Å². The maximum atomic E-state index is 12.2. The molecule has 0 saturated carbocycles. The summed E-state index contributed by atoms with van der Waals surface area (Å²) in [4.78, 5) is 20.6. The number of ketones is 1. The Kier molecular flexibility index (Phi) is 5.39. The lowest BCUT2D eigenvalue weighted by atomic mass is 10.0. The van der Waals surface area contributed by atoms with Crippen LogP contribution in [-0.2, 0) is 11.2 Å². The molecular formula is C21H20N4O. The van der Waals surface area contributed by atoms with Crippen LogP contribution < -0.4 is 11.1 Å². The monoisotopic (exact) mass is 344 g/mol. The summed E-state index contributed by atoms with van der Waals surface area (Å²) in [5.41, 5.74) is 9.30. The average molecular weight is 344 g/mol. The van der Waals surface area contributed by atoms with Crippen molar-refractivity contribution in [1.29, 1.82) is 0 Å². The van der Waals surface area contributed by atoms with E-state index in [1.54, 1.807) is 13.1 Å². The number of aromatic nitrogens is 2. The molecule has 0 unspecified atom stereocenters. The van der Waals surface area contributed by atoms with E-state index in [1.165, 1.54) is 0 Å². The van der Waals surface area contributed by atoms with Gasteiger partial charge in [0, 0.05) is 25.1 Å². The van der Waals surface area contributed by atoms with Gasteiger partial charge in [-0.05, 0) is 23.3 Å². The van der Waals surface area contributed by atoms with Crippen molar-refractivity contribution >= 4 is 23.6 Å². The Morgan fingerprint density at radius 1 is 1.08 bits per heavy atom. The number of rotatable bonds is 6. The number of hydrogen-bond acceptors (Lipinski definition) is 5. The van der Waals surface area contributed by atoms with Gasteiger partial charge >= 0.3 is 0 Å². The van der Waals surface area contributed by atoms with Gasteiger partial charge in [0.15, 0.2) is 5.78 Å². The fourth-order valence-corrected chi connectivity index (χ4v) is 2.60. The van der Waals surface area contributed by atoms with Gasteiger partial charge in [-0.1, -0.05) is 54.6 Å². The minimum Gasteiger partial charge on any atom is -0.373 e. The molecule has 0 radical (unpaired) electrons. The molecule has 26 heavy (non-hydrogen) atoms. The number of carbonyl (C=O) groups is 1. The van der Waals surface area contributed by atoms with Crippen molar-refractivity contribution in [1.82, 2.24) is 9.97 Å². The quantitative estimate of drug-likeness (QED) is 0.668. The van der Waals surface area contributed by atoms with Crippen LogP contribution in [0.1, 0.15) is 11.1 Å². The summed E-state index contributed by atoms with van der Waals surface area (Å²) in [6, 6.07) is 19.3. The van der Waals surface area contributed by atoms with Gasteiger partial charge in [0.1, 0.15) is 5.82 Å². The summed E-state index contributed by atoms with van der Waals surface area (Å²) in [6.07, 6.45) is 3.77. The van der Waals surface area contributed by atoms with Gasteiger partial charge in [-0.3, -0.25) is 4.79 Å². The second-order valence-corrected chi connectivity index (χ2v) is 5.83. The molecule has 0 fully saturated rings. The van der Waals surface area contributed by atoms with Crippen molar-refractivity contribution in [3.05, 3.63) is 77.9 Å². The molecule has 0 spiro atoms. The molecule has 0 aliphatic heterocycles. The van der Waals surface area contributed by atoms with Gasteiger partial charge in [0.2, 0.25) is 5.95 Å². The van der Waals surface area contributed by atoms with Crippen LogP contribution in [0.15, 0.2) is 66.7 Å². The second kappa shape index (κ2) is 8.07. The molecule has 0 saturated heterocycles. The van der Waals surface area contributed by atoms with E-state index in [1.807, 2.05) is 66.7 Å². The molecule has 5 heteroatoms. The van der Waals surface area contributed by atoms with Crippen molar-refractivity contribution in [2.24, 2.45) is 0 Å². The third-order valence-electron chi connectivity index (χ3n) is 3.86. The highest BCUT2D eigenvalue weighted by atomic mass is 16.1. The number of nitrogens with one attached hydrogen (secondary N) is 1. The van der Waals surface area contributed by atoms with Gasteiger partial charge in [-0.2, -0.15) is 4.98 Å². The van der Waals surface area contributed by atoms with Crippen LogP contribution in [0.5, 0.6) is 0 Å². The van der Waals surface area contributed by atoms with E-state index in [9.17, 15) is 4.79 Å². The van der Waals surface area contributed by atoms with Crippen molar-refractivity contribution in [3.8, 4) is 11.3 Å². The van der Waals surface area contributed by atoms with E-state index < -0.39 is 0 Å². The van der Waals surface area contributed by atoms with Crippen molar-refractivity contribution in [3.63, 3.8) is 0 Å². The van der Waals surface area contributed by atoms with Gasteiger partial charge in [-0.25, -0.2) is 4.98 Å². The molecule has 0 atom stereocenters. The largest absolute Gasteiger partial charge is 0.373 e. The third kappa shape index (κ3) is 4.54. The van der Waals surface area contributed by atoms with Gasteiger partial charge in [-0.15, -0.1) is 0 Å². The predicted octanol–water partition coefficient (Wildman–Crippen LogP) is 3.59. The SMILES string of the molecule is CNc1cc(-c2cccc(CC(=O)/C=C/c3ccccc3)c2)nc(N)n1. The van der Waals surface area contributed by atoms with E-state index in [0.29, 0.717) is 12.2 Å². The van der Waals surface area contributed by atoms with Crippen molar-refractivity contribution in [2.75, 3.05) is 18.1 Å². The Morgan fingerprint density at radius 3 is 2.65 bits per heavy atom. The second-order valence-electron chi connectivity index (χ2n) is 5.83. The zero-order valence-electron chi connectivity index (χ0n) is 14.5. The number of allylic oxidation sites excluding steroid dienone is 1. The molecule has 3 N–H and O–H groups in total. The number of benzene rings is 2. The number of hydrogen-bond donors (Lipinski definition) is 2. The highest BCUT2D eigenvalue weighted by Crippen LogP contribution is 2.22. The molecule has 5 nitrogen and oxygen atoms in total. The van der Waals surface area contributed by atoms with Crippen LogP contribution in [0.25, 0.3) is 17.3 Å². The first-order valence-electron chi connectivity index (χ1n) is 8.31. The number of nitrogens with two attached hydrogens (primary N) is 1. The Bertz CT molecular complexity index is 936. The van der Waals surface area contributed by atoms with Crippen LogP contribution in [0.3, 0.4) is 0 Å². The lowest BCUT2D eigenvalue weighted by Crippen LogP contribution is -2.02. The smallest absolute Gasteiger partial charge is 0.222 e. The lowest BCUT2D eigenvalue weighted by molar-refractivity contribution is -0.113. The minimum absolute atomic E-state index is 0.0455. The van der Waals surface area contributed by atoms with E-state index >= 15 is 0 Å². The molecule has 0 amide bonds. The van der Waals surface area contributed by atoms with Crippen LogP contribution in [-0.4, -0.2) is 22.8 Å². The van der Waals surface area contributed by atoms with Crippen LogP contribution in [0, 0.1) is 0 Å². The summed E-state index contributed by atoms with van der Waals surface area (Å²) in [5.74, 6) is 0.906. The molecule has 0 bridgehead atoms. The molecule has 130 valence electrons. The zero-order valence-corrected chi connectivity index (χ0v) is 14.5. The van der Waals surface area contributed by atoms with Crippen LogP contribution in [0.2, 0.25) is 0 Å². The average Bonchev–Trinajstić information content (AvgIpc) is 2.67. The fourth-order valence-electron chi connectivity index (χ4n) is 2.60. The summed E-state index contributed by atoms with van der Waals surface area (Å²) < 4.78 is 0. The fraction of sp³-hybridized carbons (Fsp3) is 0.0952. The molecule has 0 aliphatic carbocycles. The molecule has 2 aromatic carbocycles. The molecule has 3 rings (SSSR count). The lowest BCUT2D eigenvalue weighted by Gasteiger charge is -2.07. The highest BCUT2D eigenvalue weighted by Gasteiger charge is 2.07. The summed E-state index contributed by atoms with van der Waals surface area (Å²) in [6.45, 7) is 0. The van der Waals surface area contributed by atoms with Gasteiger partial charge < -0.3 is 11.1 Å². The molecule has 1 heterocycles. The predicted molar refractivity (Wildman–Crippen MR) is 106 cm³/mol. The molecule has 0 aliphatic rings. The molecule has 3 aromatic rings. The Balaban J connectivity index is 1.76. The maximum Gasteiger partial charge on any atom is 0.222 e. The topological polar surface area (TPSA) is 80.9 Å². The zero-order chi connectivity index (χ0) is 18.4. The van der Waals surface area contributed by atoms with E-state index in [2.05, 4.69) is 15.3 Å². The van der Waals surface area contributed by atoms with E-state index in [-0.39, 0.29) is 11.7 Å². The molecule has 1 aromatic heterocycles. The number of carbonyl (C=O) groups excluding carboxylic acids is 1. The number of nitrogen functional groups attached to an aromatic ring is 1. The standard InChI is InChI=1S/C21H20N4O/c1-23-20-14-19(24-21(22)25-20)17-9-5-8-16(12-17)13-18(26)11-10-15-6-3-2-4-7-15/h2-12,14H,13H2,1H3,(H3,22,23,24,25)/b11-10+. The third-order valence-corrected chi connectivity index (χ3v) is 3.86. The Labute approximate surface area is 152 Å². The van der Waals surface area contributed by atoms with Gasteiger partial charge in [0.05, 0.1) is 5.69 Å². The van der Waals surface area contributed by atoms with Crippen molar-refractivity contribution < 1.29 is 4.79 Å². The minimum atomic E-state index is 0.0455. The van der Waals surface area contributed by atoms with Crippen molar-refractivity contribution in [2.45, 2.75) is 6.42 Å². The number of nitrogens with zero attached hydrogens (tertiary/aromatic N) is 2. The first-order valence-corrected chi connectivity index (χ1v) is 8.31. The maximum absolute atomic E-state index is 12.2. The van der Waals surface area contributed by atoms with Crippen LogP contribution in [0.4, 0.5) is 11.8 Å². The molecular weight excluding hydrogens is 324 g/mol. The Hall–Kier alpha value is -3.47. The Morgan fingerprint density at radius 2 is 1.88 bits per heavy atom. The van der Waals surface area contributed by atoms with Gasteiger partial charge in [0.25, 0.3) is 0 Å². The summed E-state index contributed by atoms with van der Waals surface area (Å²) in [5, 5.41) is 2.96. The number of anilines is 2. The van der Waals surface area contributed by atoms with E-state index in [4.69, 9.17) is 5.73 Å². The first-order chi connectivity index (χ1) is 12.6. The summed E-state index contributed by atoms with van der Waals surface area (Å²) in [7, 11) is 1.78. The summed E-state index contributed by atoms with van der Waals surface area (Å²) >= 11 is 0. The first kappa shape index (κ1) is 17.4. The highest BCUT2D eigenvalue weighted by molar-refractivity contribution is 5.95. The van der Waals surface area contributed by atoms with Crippen LogP contribution >= 0.6 is 0 Å².